The summed E-state index contributed by atoms with van der Waals surface area (Å²) in [6.45, 7) is 7.63. The van der Waals surface area contributed by atoms with Crippen molar-refractivity contribution in [3.8, 4) is 11.5 Å². The highest BCUT2D eigenvalue weighted by molar-refractivity contribution is 5.91. The van der Waals surface area contributed by atoms with Crippen molar-refractivity contribution in [3.05, 3.63) is 58.6 Å². The van der Waals surface area contributed by atoms with E-state index in [0.29, 0.717) is 48.8 Å². The van der Waals surface area contributed by atoms with E-state index in [0.717, 1.165) is 23.9 Å². The molecule has 1 amide bonds. The van der Waals surface area contributed by atoms with E-state index in [1.807, 2.05) is 45.0 Å². The van der Waals surface area contributed by atoms with E-state index in [4.69, 9.17) is 9.47 Å². The Morgan fingerprint density at radius 1 is 1.06 bits per heavy atom. The normalized spacial score (nSPS) is 10.8. The zero-order chi connectivity index (χ0) is 22.9. The molecule has 3 aromatic rings. The number of anilines is 1. The van der Waals surface area contributed by atoms with Crippen LogP contribution >= 0.6 is 0 Å². The van der Waals surface area contributed by atoms with Crippen LogP contribution in [0.1, 0.15) is 45.1 Å². The molecule has 0 bridgehead atoms. The number of hydrogen-bond donors (Lipinski definition) is 1. The second-order valence-electron chi connectivity index (χ2n) is 7.72. The first-order chi connectivity index (χ1) is 15.5. The van der Waals surface area contributed by atoms with Gasteiger partial charge in [0.15, 0.2) is 11.5 Å². The summed E-state index contributed by atoms with van der Waals surface area (Å²) in [5, 5.41) is 3.50. The Hall–Kier alpha value is -3.35. The molecule has 0 saturated carbocycles. The molecular formula is C25H31N3O4. The summed E-state index contributed by atoms with van der Waals surface area (Å²) in [5.41, 5.74) is 2.27. The lowest BCUT2D eigenvalue weighted by Gasteiger charge is -2.14. The van der Waals surface area contributed by atoms with Crippen molar-refractivity contribution in [2.45, 2.75) is 53.0 Å². The fourth-order valence-electron chi connectivity index (χ4n) is 3.37. The SMILES string of the molecule is CCCOc1ccc(NC(=O)CCCn2cnc3c(C)cccc3c2=O)cc1OCCC. The number of nitrogens with one attached hydrogen (secondary N) is 1. The minimum absolute atomic E-state index is 0.0838. The quantitative estimate of drug-likeness (QED) is 0.470. The molecule has 0 atom stereocenters. The molecule has 7 nitrogen and oxygen atoms in total. The van der Waals surface area contributed by atoms with Crippen molar-refractivity contribution in [1.82, 2.24) is 9.55 Å². The average molecular weight is 438 g/mol. The molecule has 1 heterocycles. The molecule has 7 heteroatoms. The maximum Gasteiger partial charge on any atom is 0.261 e. The van der Waals surface area contributed by atoms with Crippen LogP contribution < -0.4 is 20.3 Å². The Morgan fingerprint density at radius 2 is 1.81 bits per heavy atom. The maximum atomic E-state index is 12.7. The predicted octanol–water partition coefficient (Wildman–Crippen LogP) is 4.70. The summed E-state index contributed by atoms with van der Waals surface area (Å²) in [6.07, 6.45) is 4.16. The van der Waals surface area contributed by atoms with Crippen LogP contribution in [0.3, 0.4) is 0 Å². The number of aromatic nitrogens is 2. The van der Waals surface area contributed by atoms with Gasteiger partial charge < -0.3 is 14.8 Å². The molecule has 2 aromatic carbocycles. The van der Waals surface area contributed by atoms with Crippen molar-refractivity contribution in [3.63, 3.8) is 0 Å². The van der Waals surface area contributed by atoms with Crippen molar-refractivity contribution < 1.29 is 14.3 Å². The first kappa shape index (κ1) is 23.3. The van der Waals surface area contributed by atoms with Gasteiger partial charge in [0.05, 0.1) is 30.4 Å². The monoisotopic (exact) mass is 437 g/mol. The Labute approximate surface area is 188 Å². The van der Waals surface area contributed by atoms with Crippen LogP contribution in [-0.4, -0.2) is 28.7 Å². The maximum absolute atomic E-state index is 12.7. The fraction of sp³-hybridized carbons (Fsp3) is 0.400. The van der Waals surface area contributed by atoms with Crippen molar-refractivity contribution in [2.75, 3.05) is 18.5 Å². The van der Waals surface area contributed by atoms with E-state index in [1.54, 1.807) is 23.0 Å². The number of carbonyl (C=O) groups is 1. The third-order valence-electron chi connectivity index (χ3n) is 5.01. The Kier molecular flexibility index (Phi) is 8.25. The lowest BCUT2D eigenvalue weighted by atomic mass is 10.1. The Morgan fingerprint density at radius 3 is 2.56 bits per heavy atom. The minimum atomic E-state index is -0.119. The highest BCUT2D eigenvalue weighted by Gasteiger charge is 2.10. The van der Waals surface area contributed by atoms with E-state index < -0.39 is 0 Å². The van der Waals surface area contributed by atoms with Crippen LogP contribution in [0.15, 0.2) is 47.5 Å². The lowest BCUT2D eigenvalue weighted by Crippen LogP contribution is -2.22. The standard InChI is InChI=1S/C25H31N3O4/c1-4-14-31-21-12-11-19(16-22(21)32-15-5-2)27-23(29)10-7-13-28-17-26-24-18(3)8-6-9-20(24)25(28)30/h6,8-9,11-12,16-17H,4-5,7,10,13-15H2,1-3H3,(H,27,29). The average Bonchev–Trinajstić information content (AvgIpc) is 2.79. The second-order valence-corrected chi connectivity index (χ2v) is 7.72. The molecule has 1 N–H and O–H groups in total. The molecule has 3 rings (SSSR count). The smallest absolute Gasteiger partial charge is 0.261 e. The third kappa shape index (κ3) is 5.87. The van der Waals surface area contributed by atoms with Crippen LogP contribution in [-0.2, 0) is 11.3 Å². The van der Waals surface area contributed by atoms with Gasteiger partial charge in [0.1, 0.15) is 0 Å². The highest BCUT2D eigenvalue weighted by atomic mass is 16.5. The molecular weight excluding hydrogens is 406 g/mol. The van der Waals surface area contributed by atoms with E-state index in [-0.39, 0.29) is 17.9 Å². The number of para-hydroxylation sites is 1. The van der Waals surface area contributed by atoms with Crippen molar-refractivity contribution >= 4 is 22.5 Å². The largest absolute Gasteiger partial charge is 0.490 e. The summed E-state index contributed by atoms with van der Waals surface area (Å²) in [4.78, 5) is 29.5. The number of benzene rings is 2. The Balaban J connectivity index is 1.59. The second kappa shape index (κ2) is 11.3. The number of ether oxygens (including phenoxy) is 2. The number of hydrogen-bond acceptors (Lipinski definition) is 5. The molecule has 1 aromatic heterocycles. The van der Waals surface area contributed by atoms with E-state index in [1.165, 1.54) is 0 Å². The van der Waals surface area contributed by atoms with Gasteiger partial charge in [-0.1, -0.05) is 26.0 Å². The van der Waals surface area contributed by atoms with Gasteiger partial charge in [0.2, 0.25) is 5.91 Å². The van der Waals surface area contributed by atoms with Gasteiger partial charge in [-0.3, -0.25) is 14.2 Å². The molecule has 0 spiro atoms. The van der Waals surface area contributed by atoms with E-state index >= 15 is 0 Å². The molecule has 0 aliphatic carbocycles. The number of rotatable bonds is 11. The van der Waals surface area contributed by atoms with Gasteiger partial charge in [-0.05, 0) is 49.9 Å². The number of nitrogens with zero attached hydrogens (tertiary/aromatic N) is 2. The molecule has 0 aliphatic rings. The first-order valence-corrected chi connectivity index (χ1v) is 11.2. The topological polar surface area (TPSA) is 82.5 Å². The highest BCUT2D eigenvalue weighted by Crippen LogP contribution is 2.31. The van der Waals surface area contributed by atoms with Crippen molar-refractivity contribution in [1.29, 1.82) is 0 Å². The summed E-state index contributed by atoms with van der Waals surface area (Å²) in [5.74, 6) is 1.19. The summed E-state index contributed by atoms with van der Waals surface area (Å²) >= 11 is 0. The number of carbonyl (C=O) groups excluding carboxylic acids is 1. The zero-order valence-electron chi connectivity index (χ0n) is 19.0. The Bertz CT molecular complexity index is 1120. The fourth-order valence-corrected chi connectivity index (χ4v) is 3.37. The van der Waals surface area contributed by atoms with Gasteiger partial charge in [0.25, 0.3) is 5.56 Å². The minimum Gasteiger partial charge on any atom is -0.490 e. The number of amides is 1. The van der Waals surface area contributed by atoms with Gasteiger partial charge in [0, 0.05) is 24.7 Å². The van der Waals surface area contributed by atoms with Crippen LogP contribution in [0.5, 0.6) is 11.5 Å². The summed E-state index contributed by atoms with van der Waals surface area (Å²) < 4.78 is 13.1. The van der Waals surface area contributed by atoms with Crippen LogP contribution in [0.4, 0.5) is 5.69 Å². The number of fused-ring (bicyclic) bond motifs is 1. The zero-order valence-corrected chi connectivity index (χ0v) is 19.0. The third-order valence-corrected chi connectivity index (χ3v) is 5.01. The molecule has 32 heavy (non-hydrogen) atoms. The van der Waals surface area contributed by atoms with Gasteiger partial charge in [-0.15, -0.1) is 0 Å². The lowest BCUT2D eigenvalue weighted by molar-refractivity contribution is -0.116. The van der Waals surface area contributed by atoms with E-state index in [9.17, 15) is 9.59 Å². The molecule has 170 valence electrons. The first-order valence-electron chi connectivity index (χ1n) is 11.2. The van der Waals surface area contributed by atoms with Crippen LogP contribution in [0.25, 0.3) is 10.9 Å². The van der Waals surface area contributed by atoms with Crippen LogP contribution in [0.2, 0.25) is 0 Å². The van der Waals surface area contributed by atoms with Gasteiger partial charge >= 0.3 is 0 Å². The van der Waals surface area contributed by atoms with Crippen LogP contribution in [0, 0.1) is 6.92 Å². The van der Waals surface area contributed by atoms with E-state index in [2.05, 4.69) is 10.3 Å². The summed E-state index contributed by atoms with van der Waals surface area (Å²) in [7, 11) is 0. The van der Waals surface area contributed by atoms with Gasteiger partial charge in [-0.25, -0.2) is 4.98 Å². The molecule has 0 saturated heterocycles. The van der Waals surface area contributed by atoms with Gasteiger partial charge in [-0.2, -0.15) is 0 Å². The molecule has 0 fully saturated rings. The molecule has 0 unspecified atom stereocenters. The van der Waals surface area contributed by atoms with Crippen molar-refractivity contribution in [2.24, 2.45) is 0 Å². The molecule has 0 radical (unpaired) electrons. The summed E-state index contributed by atoms with van der Waals surface area (Å²) in [6, 6.07) is 11.0. The predicted molar refractivity (Wildman–Crippen MR) is 127 cm³/mol. The number of aryl methyl sites for hydroxylation is 2. The molecule has 0 aliphatic heterocycles.